The van der Waals surface area contributed by atoms with E-state index in [2.05, 4.69) is 30.4 Å². The summed E-state index contributed by atoms with van der Waals surface area (Å²) in [5.74, 6) is 0. The molecular formula is C13H15OZr-. The molecule has 78 valence electrons. The molecule has 0 heterocycles. The van der Waals surface area contributed by atoms with Crippen molar-refractivity contribution in [1.82, 2.24) is 0 Å². The first-order valence-electron chi connectivity index (χ1n) is 5.19. The Bertz CT molecular complexity index is 334. The van der Waals surface area contributed by atoms with E-state index in [0.717, 1.165) is 25.7 Å². The normalized spacial score (nSPS) is 18.3. The largest absolute Gasteiger partial charge is 0.396 e. The Morgan fingerprint density at radius 3 is 2.93 bits per heavy atom. The van der Waals surface area contributed by atoms with Crippen molar-refractivity contribution < 1.29 is 31.3 Å². The number of aliphatic hydroxyl groups is 1. The van der Waals surface area contributed by atoms with Gasteiger partial charge in [0.2, 0.25) is 0 Å². The van der Waals surface area contributed by atoms with Gasteiger partial charge in [0.05, 0.1) is 0 Å². The van der Waals surface area contributed by atoms with Gasteiger partial charge < -0.3 is 5.11 Å². The molecular weight excluding hydrogens is 263 g/mol. The molecule has 0 spiro atoms. The van der Waals surface area contributed by atoms with Gasteiger partial charge in [-0.25, -0.2) is 5.57 Å². The van der Waals surface area contributed by atoms with Gasteiger partial charge in [0, 0.05) is 32.8 Å². The van der Waals surface area contributed by atoms with Crippen LogP contribution in [0.15, 0.2) is 41.0 Å². The maximum Gasteiger partial charge on any atom is 0.0433 e. The molecule has 0 fully saturated rings. The maximum atomic E-state index is 8.79. The molecule has 1 nitrogen and oxygen atoms in total. The summed E-state index contributed by atoms with van der Waals surface area (Å²) in [5, 5.41) is 8.79. The number of allylic oxidation sites excluding steroid dienone is 8. The summed E-state index contributed by atoms with van der Waals surface area (Å²) in [6, 6.07) is 0. The van der Waals surface area contributed by atoms with Crippen LogP contribution in [0, 0.1) is 6.08 Å². The molecule has 2 heteroatoms. The standard InChI is InChI=1S/C13H15O.Zr/c14-10-4-8-12-7-3-9-13(12)11-5-1-2-6-11;/h1-2,5,9,14H,3-4,6,8,10H2;/q-1;. The quantitative estimate of drug-likeness (QED) is 0.784. The van der Waals surface area contributed by atoms with Gasteiger partial charge in [-0.2, -0.15) is 11.6 Å². The first-order valence-corrected chi connectivity index (χ1v) is 5.19. The van der Waals surface area contributed by atoms with Gasteiger partial charge in [-0.05, 0) is 12.8 Å². The minimum atomic E-state index is 0. The molecule has 0 aliphatic heterocycles. The molecule has 0 aromatic heterocycles. The van der Waals surface area contributed by atoms with Gasteiger partial charge in [0.15, 0.2) is 0 Å². The van der Waals surface area contributed by atoms with Gasteiger partial charge in [-0.3, -0.25) is 6.08 Å². The predicted molar refractivity (Wildman–Crippen MR) is 57.6 cm³/mol. The van der Waals surface area contributed by atoms with Crippen LogP contribution in [0.4, 0.5) is 0 Å². The van der Waals surface area contributed by atoms with Crippen LogP contribution < -0.4 is 0 Å². The second kappa shape index (κ2) is 6.40. The van der Waals surface area contributed by atoms with Crippen LogP contribution in [0.1, 0.15) is 25.7 Å². The van der Waals surface area contributed by atoms with Crippen LogP contribution >= 0.6 is 0 Å². The molecule has 0 aromatic rings. The van der Waals surface area contributed by atoms with E-state index in [1.54, 1.807) is 0 Å². The van der Waals surface area contributed by atoms with E-state index in [1.807, 2.05) is 0 Å². The molecule has 2 aliphatic carbocycles. The molecule has 1 N–H and O–H groups in total. The molecule has 0 saturated heterocycles. The monoisotopic (exact) mass is 277 g/mol. The molecule has 2 aliphatic rings. The van der Waals surface area contributed by atoms with E-state index in [0.29, 0.717) is 0 Å². The van der Waals surface area contributed by atoms with E-state index in [-0.39, 0.29) is 32.8 Å². The van der Waals surface area contributed by atoms with Gasteiger partial charge in [-0.15, -0.1) is 12.0 Å². The van der Waals surface area contributed by atoms with Crippen molar-refractivity contribution in [3.63, 3.8) is 0 Å². The van der Waals surface area contributed by atoms with E-state index in [1.165, 1.54) is 16.7 Å². The van der Waals surface area contributed by atoms with Crippen LogP contribution in [-0.2, 0) is 26.2 Å². The van der Waals surface area contributed by atoms with Crippen molar-refractivity contribution in [3.05, 3.63) is 47.1 Å². The SMILES string of the molecule is OCCCC1=[C-]CC=C1C1=CC=CC1.[Zr]. The van der Waals surface area contributed by atoms with Gasteiger partial charge >= 0.3 is 0 Å². The number of rotatable bonds is 4. The third-order valence-corrected chi connectivity index (χ3v) is 2.65. The smallest absolute Gasteiger partial charge is 0.0433 e. The summed E-state index contributed by atoms with van der Waals surface area (Å²) in [7, 11) is 0. The van der Waals surface area contributed by atoms with Crippen molar-refractivity contribution in [3.8, 4) is 0 Å². The van der Waals surface area contributed by atoms with Crippen LogP contribution in [0.5, 0.6) is 0 Å². The molecule has 0 radical (unpaired) electrons. The summed E-state index contributed by atoms with van der Waals surface area (Å²) in [5.41, 5.74) is 4.07. The number of hydrogen-bond acceptors (Lipinski definition) is 1. The summed E-state index contributed by atoms with van der Waals surface area (Å²) in [6.07, 6.45) is 15.9. The predicted octanol–water partition coefficient (Wildman–Crippen LogP) is 2.70. The third kappa shape index (κ3) is 3.13. The molecule has 2 rings (SSSR count). The Morgan fingerprint density at radius 1 is 1.40 bits per heavy atom. The summed E-state index contributed by atoms with van der Waals surface area (Å²) in [4.78, 5) is 0. The molecule has 0 amide bonds. The molecule has 0 aromatic carbocycles. The average molecular weight is 278 g/mol. The Kier molecular flexibility index (Phi) is 5.49. The first-order chi connectivity index (χ1) is 6.92. The Hall–Kier alpha value is -0.197. The number of aliphatic hydroxyl groups excluding tert-OH is 1. The zero-order valence-electron chi connectivity index (χ0n) is 8.79. The van der Waals surface area contributed by atoms with E-state index in [4.69, 9.17) is 5.11 Å². The van der Waals surface area contributed by atoms with Crippen molar-refractivity contribution in [2.75, 3.05) is 6.61 Å². The second-order valence-corrected chi connectivity index (χ2v) is 3.63. The minimum absolute atomic E-state index is 0. The van der Waals surface area contributed by atoms with Crippen LogP contribution in [0.2, 0.25) is 0 Å². The van der Waals surface area contributed by atoms with E-state index in [9.17, 15) is 0 Å². The van der Waals surface area contributed by atoms with Crippen LogP contribution in [0.3, 0.4) is 0 Å². The number of hydrogen-bond donors (Lipinski definition) is 1. The first kappa shape index (κ1) is 12.9. The fourth-order valence-corrected chi connectivity index (χ4v) is 1.95. The van der Waals surface area contributed by atoms with Gasteiger partial charge in [-0.1, -0.05) is 24.6 Å². The van der Waals surface area contributed by atoms with Crippen molar-refractivity contribution in [2.45, 2.75) is 25.7 Å². The summed E-state index contributed by atoms with van der Waals surface area (Å²) in [6.45, 7) is 0.274. The zero-order valence-corrected chi connectivity index (χ0v) is 11.3. The molecule has 0 atom stereocenters. The molecule has 0 bridgehead atoms. The maximum absolute atomic E-state index is 8.79. The molecule has 0 unspecified atom stereocenters. The van der Waals surface area contributed by atoms with Crippen molar-refractivity contribution >= 4 is 0 Å². The van der Waals surface area contributed by atoms with Gasteiger partial charge in [0.1, 0.15) is 0 Å². The van der Waals surface area contributed by atoms with E-state index >= 15 is 0 Å². The van der Waals surface area contributed by atoms with Gasteiger partial charge in [0.25, 0.3) is 0 Å². The fraction of sp³-hybridized carbons (Fsp3) is 0.385. The van der Waals surface area contributed by atoms with Crippen LogP contribution in [0.25, 0.3) is 0 Å². The average Bonchev–Trinajstić information content (AvgIpc) is 2.84. The fourth-order valence-electron chi connectivity index (χ4n) is 1.95. The molecule has 0 saturated carbocycles. The van der Waals surface area contributed by atoms with Crippen molar-refractivity contribution in [2.24, 2.45) is 0 Å². The zero-order chi connectivity index (χ0) is 9.80. The van der Waals surface area contributed by atoms with E-state index < -0.39 is 0 Å². The summed E-state index contributed by atoms with van der Waals surface area (Å²) < 4.78 is 0. The topological polar surface area (TPSA) is 20.2 Å². The van der Waals surface area contributed by atoms with Crippen molar-refractivity contribution in [1.29, 1.82) is 0 Å². The Morgan fingerprint density at radius 2 is 2.27 bits per heavy atom. The Balaban J connectivity index is 0.00000112. The second-order valence-electron chi connectivity index (χ2n) is 3.63. The summed E-state index contributed by atoms with van der Waals surface area (Å²) >= 11 is 0. The molecule has 15 heavy (non-hydrogen) atoms. The minimum Gasteiger partial charge on any atom is -0.396 e. The Labute approximate surface area is 110 Å². The third-order valence-electron chi connectivity index (χ3n) is 2.65. The van der Waals surface area contributed by atoms with Crippen LogP contribution in [-0.4, -0.2) is 11.7 Å².